The molecule has 0 bridgehead atoms. The zero-order valence-electron chi connectivity index (χ0n) is 11.1. The molecule has 1 rings (SSSR count). The van der Waals surface area contributed by atoms with Gasteiger partial charge in [-0.15, -0.1) is 0 Å². The van der Waals surface area contributed by atoms with E-state index in [0.29, 0.717) is 18.3 Å². The molecule has 0 spiro atoms. The lowest BCUT2D eigenvalue weighted by Crippen LogP contribution is -2.14. The van der Waals surface area contributed by atoms with Gasteiger partial charge in [0.1, 0.15) is 5.78 Å². The maximum atomic E-state index is 11.1. The molecule has 0 aliphatic carbocycles. The summed E-state index contributed by atoms with van der Waals surface area (Å²) in [5.74, 6) is 1.27. The van der Waals surface area contributed by atoms with Gasteiger partial charge in [-0.3, -0.25) is 0 Å². The van der Waals surface area contributed by atoms with Gasteiger partial charge in [0.2, 0.25) is 0 Å². The molecule has 0 unspecified atom stereocenters. The van der Waals surface area contributed by atoms with Crippen molar-refractivity contribution in [1.29, 1.82) is 0 Å². The van der Waals surface area contributed by atoms with E-state index in [4.69, 9.17) is 0 Å². The average molecular weight is 297 g/mol. The average Bonchev–Trinajstić information content (AvgIpc) is 2.22. The van der Waals surface area contributed by atoms with Gasteiger partial charge in [-0.25, -0.2) is 0 Å². The highest BCUT2D eigenvalue weighted by Gasteiger charge is 2.15. The number of rotatable bonds is 5. The van der Waals surface area contributed by atoms with E-state index >= 15 is 0 Å². The SMILES string of the molecule is CC(=O)C[C@@H](C)[C@H](C)Cc1cc(Br)ccc1C. The predicted octanol–water partition coefficient (Wildman–Crippen LogP) is 4.55. The first-order valence-electron chi connectivity index (χ1n) is 6.14. The van der Waals surface area contributed by atoms with Gasteiger partial charge in [0, 0.05) is 10.9 Å². The van der Waals surface area contributed by atoms with Crippen molar-refractivity contribution < 1.29 is 4.79 Å². The molecule has 94 valence electrons. The third-order valence-corrected chi connectivity index (χ3v) is 3.93. The van der Waals surface area contributed by atoms with Gasteiger partial charge in [0.25, 0.3) is 0 Å². The maximum Gasteiger partial charge on any atom is 0.130 e. The molecular weight excluding hydrogens is 276 g/mol. The second-order valence-electron chi connectivity index (χ2n) is 5.14. The Labute approximate surface area is 113 Å². The highest BCUT2D eigenvalue weighted by atomic mass is 79.9. The molecule has 1 nitrogen and oxygen atoms in total. The van der Waals surface area contributed by atoms with E-state index in [2.05, 4.69) is 54.9 Å². The normalized spacial score (nSPS) is 14.4. The van der Waals surface area contributed by atoms with Crippen molar-refractivity contribution in [3.8, 4) is 0 Å². The van der Waals surface area contributed by atoms with Gasteiger partial charge in [-0.1, -0.05) is 35.8 Å². The molecule has 17 heavy (non-hydrogen) atoms. The molecule has 2 atom stereocenters. The molecule has 0 N–H and O–H groups in total. The van der Waals surface area contributed by atoms with E-state index < -0.39 is 0 Å². The number of ketones is 1. The number of benzene rings is 1. The Balaban J connectivity index is 2.70. The van der Waals surface area contributed by atoms with Gasteiger partial charge in [-0.2, -0.15) is 0 Å². The van der Waals surface area contributed by atoms with Crippen LogP contribution in [0.5, 0.6) is 0 Å². The summed E-state index contributed by atoms with van der Waals surface area (Å²) in [5.41, 5.74) is 2.71. The topological polar surface area (TPSA) is 17.1 Å². The molecule has 1 aromatic rings. The summed E-state index contributed by atoms with van der Waals surface area (Å²) < 4.78 is 1.13. The summed E-state index contributed by atoms with van der Waals surface area (Å²) >= 11 is 3.51. The summed E-state index contributed by atoms with van der Waals surface area (Å²) in [4.78, 5) is 11.1. The zero-order valence-corrected chi connectivity index (χ0v) is 12.7. The summed E-state index contributed by atoms with van der Waals surface area (Å²) in [6.07, 6.45) is 1.73. The van der Waals surface area contributed by atoms with Crippen molar-refractivity contribution in [3.05, 3.63) is 33.8 Å². The van der Waals surface area contributed by atoms with Gasteiger partial charge < -0.3 is 4.79 Å². The lowest BCUT2D eigenvalue weighted by atomic mass is 9.85. The number of carbonyl (C=O) groups is 1. The third-order valence-electron chi connectivity index (χ3n) is 3.43. The third kappa shape index (κ3) is 4.63. The van der Waals surface area contributed by atoms with Crippen LogP contribution in [0.4, 0.5) is 0 Å². The quantitative estimate of drug-likeness (QED) is 0.779. The number of halogens is 1. The highest BCUT2D eigenvalue weighted by Crippen LogP contribution is 2.24. The zero-order chi connectivity index (χ0) is 13.0. The maximum absolute atomic E-state index is 11.1. The van der Waals surface area contributed by atoms with Gasteiger partial charge >= 0.3 is 0 Å². The Hall–Kier alpha value is -0.630. The summed E-state index contributed by atoms with van der Waals surface area (Å²) in [5, 5.41) is 0. The molecule has 1 aromatic carbocycles. The number of hydrogen-bond donors (Lipinski definition) is 0. The second-order valence-corrected chi connectivity index (χ2v) is 6.05. The van der Waals surface area contributed by atoms with Gasteiger partial charge in [-0.05, 0) is 55.4 Å². The number of carbonyl (C=O) groups excluding carboxylic acids is 1. The fraction of sp³-hybridized carbons (Fsp3) is 0.533. The van der Waals surface area contributed by atoms with Crippen molar-refractivity contribution >= 4 is 21.7 Å². The van der Waals surface area contributed by atoms with E-state index in [1.807, 2.05) is 0 Å². The van der Waals surface area contributed by atoms with Crippen LogP contribution in [0.25, 0.3) is 0 Å². The Kier molecular flexibility index (Phi) is 5.38. The van der Waals surface area contributed by atoms with Crippen LogP contribution in [0.3, 0.4) is 0 Å². The lowest BCUT2D eigenvalue weighted by Gasteiger charge is -2.20. The minimum atomic E-state index is 0.287. The number of Topliss-reactive ketones (excluding diaryl/α,β-unsaturated/α-hetero) is 1. The predicted molar refractivity (Wildman–Crippen MR) is 76.2 cm³/mol. The Morgan fingerprint density at radius 1 is 1.29 bits per heavy atom. The first-order valence-corrected chi connectivity index (χ1v) is 6.94. The van der Waals surface area contributed by atoms with E-state index in [1.54, 1.807) is 6.92 Å². The van der Waals surface area contributed by atoms with Gasteiger partial charge in [0.15, 0.2) is 0 Å². The summed E-state index contributed by atoms with van der Waals surface area (Å²) in [6.45, 7) is 8.21. The molecule has 2 heteroatoms. The van der Waals surface area contributed by atoms with Crippen LogP contribution >= 0.6 is 15.9 Å². The van der Waals surface area contributed by atoms with Crippen molar-refractivity contribution in [2.45, 2.75) is 40.5 Å². The van der Waals surface area contributed by atoms with Crippen LogP contribution in [0.2, 0.25) is 0 Å². The first kappa shape index (κ1) is 14.4. The van der Waals surface area contributed by atoms with Crippen LogP contribution in [0.1, 0.15) is 38.3 Å². The van der Waals surface area contributed by atoms with E-state index in [-0.39, 0.29) is 5.78 Å². The standard InChI is InChI=1S/C15H21BrO/c1-10-5-6-15(16)9-14(10)8-12(3)11(2)7-13(4)17/h5-6,9,11-12H,7-8H2,1-4H3/t11-,12-/m1/s1. The van der Waals surface area contributed by atoms with Crippen LogP contribution < -0.4 is 0 Å². The molecule has 0 aliphatic heterocycles. The van der Waals surface area contributed by atoms with Crippen LogP contribution in [-0.4, -0.2) is 5.78 Å². The van der Waals surface area contributed by atoms with E-state index in [9.17, 15) is 4.79 Å². The molecule has 0 aromatic heterocycles. The van der Waals surface area contributed by atoms with Crippen molar-refractivity contribution in [1.82, 2.24) is 0 Å². The van der Waals surface area contributed by atoms with E-state index in [0.717, 1.165) is 10.9 Å². The Morgan fingerprint density at radius 2 is 1.94 bits per heavy atom. The smallest absolute Gasteiger partial charge is 0.130 e. The first-order chi connectivity index (χ1) is 7.90. The molecule has 0 amide bonds. The fourth-order valence-electron chi connectivity index (χ4n) is 2.06. The largest absolute Gasteiger partial charge is 0.300 e. The lowest BCUT2D eigenvalue weighted by molar-refractivity contribution is -0.118. The number of hydrogen-bond acceptors (Lipinski definition) is 1. The monoisotopic (exact) mass is 296 g/mol. The van der Waals surface area contributed by atoms with Crippen LogP contribution in [-0.2, 0) is 11.2 Å². The highest BCUT2D eigenvalue weighted by molar-refractivity contribution is 9.10. The molecule has 0 saturated carbocycles. The van der Waals surface area contributed by atoms with Crippen molar-refractivity contribution in [3.63, 3.8) is 0 Å². The number of aryl methyl sites for hydroxylation is 1. The molecule has 0 heterocycles. The minimum Gasteiger partial charge on any atom is -0.300 e. The minimum absolute atomic E-state index is 0.287. The molecule has 0 saturated heterocycles. The Morgan fingerprint density at radius 3 is 2.53 bits per heavy atom. The molecule has 0 radical (unpaired) electrons. The Bertz CT molecular complexity index is 398. The van der Waals surface area contributed by atoms with Crippen LogP contribution in [0, 0.1) is 18.8 Å². The fourth-order valence-corrected chi connectivity index (χ4v) is 2.47. The molecule has 0 aliphatic rings. The van der Waals surface area contributed by atoms with Crippen molar-refractivity contribution in [2.75, 3.05) is 0 Å². The van der Waals surface area contributed by atoms with Crippen molar-refractivity contribution in [2.24, 2.45) is 11.8 Å². The van der Waals surface area contributed by atoms with E-state index in [1.165, 1.54) is 11.1 Å². The summed E-state index contributed by atoms with van der Waals surface area (Å²) in [7, 11) is 0. The second kappa shape index (κ2) is 6.34. The van der Waals surface area contributed by atoms with Gasteiger partial charge in [0.05, 0.1) is 0 Å². The molecule has 0 fully saturated rings. The summed E-state index contributed by atoms with van der Waals surface area (Å²) in [6, 6.07) is 6.40. The van der Waals surface area contributed by atoms with Crippen LogP contribution in [0.15, 0.2) is 22.7 Å². The molecular formula is C15H21BrO.